The quantitative estimate of drug-likeness (QED) is 0.836. The van der Waals surface area contributed by atoms with E-state index in [2.05, 4.69) is 57.3 Å². The Bertz CT molecular complexity index is 435. The van der Waals surface area contributed by atoms with Crippen molar-refractivity contribution >= 4 is 0 Å². The van der Waals surface area contributed by atoms with Crippen molar-refractivity contribution in [3.63, 3.8) is 0 Å². The lowest BCUT2D eigenvalue weighted by molar-refractivity contribution is 0.170. The molecule has 2 unspecified atom stereocenters. The summed E-state index contributed by atoms with van der Waals surface area (Å²) >= 11 is 0. The van der Waals surface area contributed by atoms with E-state index >= 15 is 0 Å². The van der Waals surface area contributed by atoms with Gasteiger partial charge in [-0.15, -0.1) is 0 Å². The van der Waals surface area contributed by atoms with Crippen molar-refractivity contribution in [3.8, 4) is 5.75 Å². The van der Waals surface area contributed by atoms with E-state index in [0.29, 0.717) is 17.4 Å². The molecule has 0 saturated heterocycles. The third kappa shape index (κ3) is 5.03. The van der Waals surface area contributed by atoms with Crippen molar-refractivity contribution in [2.45, 2.75) is 59.4 Å². The summed E-state index contributed by atoms with van der Waals surface area (Å²) in [5.74, 6) is 1.67. The third-order valence-electron chi connectivity index (χ3n) is 4.34. The monoisotopic (exact) mass is 289 g/mol. The summed E-state index contributed by atoms with van der Waals surface area (Å²) in [5.41, 5.74) is 1.77. The van der Waals surface area contributed by atoms with Gasteiger partial charge in [-0.25, -0.2) is 0 Å². The van der Waals surface area contributed by atoms with Crippen LogP contribution in [0.25, 0.3) is 0 Å². The summed E-state index contributed by atoms with van der Waals surface area (Å²) in [5, 5.41) is 3.76. The second-order valence-corrected chi connectivity index (χ2v) is 7.54. The van der Waals surface area contributed by atoms with Gasteiger partial charge in [0.1, 0.15) is 5.75 Å². The summed E-state index contributed by atoms with van der Waals surface area (Å²) in [6.45, 7) is 11.2. The second kappa shape index (κ2) is 7.31. The Morgan fingerprint density at radius 3 is 2.76 bits per heavy atom. The largest absolute Gasteiger partial charge is 0.493 e. The highest BCUT2D eigenvalue weighted by Gasteiger charge is 2.27. The normalized spacial score (nSPS) is 19.7. The van der Waals surface area contributed by atoms with Crippen molar-refractivity contribution < 1.29 is 4.74 Å². The molecule has 118 valence electrons. The molecular formula is C19H31NO. The predicted octanol–water partition coefficient (Wildman–Crippen LogP) is 4.43. The molecule has 1 aliphatic heterocycles. The molecule has 2 nitrogen and oxygen atoms in total. The maximum absolute atomic E-state index is 5.99. The van der Waals surface area contributed by atoms with E-state index in [4.69, 9.17) is 4.74 Å². The molecule has 2 rings (SSSR count). The van der Waals surface area contributed by atoms with Gasteiger partial charge in [0, 0.05) is 12.0 Å². The van der Waals surface area contributed by atoms with Gasteiger partial charge in [-0.2, -0.15) is 0 Å². The molecule has 0 aromatic heterocycles. The molecule has 0 fully saturated rings. The van der Waals surface area contributed by atoms with Crippen LogP contribution in [0.4, 0.5) is 0 Å². The molecule has 2 atom stereocenters. The van der Waals surface area contributed by atoms with Gasteiger partial charge >= 0.3 is 0 Å². The Labute approximate surface area is 130 Å². The zero-order valence-corrected chi connectivity index (χ0v) is 14.1. The number of benzene rings is 1. The standard InChI is InChI=1S/C19H31NO/c1-5-12-20-17(10-11-19(2,3)4)16-13-15-8-6-7-9-18(15)21-14-16/h6-9,16-17,20H,5,10-14H2,1-4H3. The number of nitrogens with one attached hydrogen (secondary N) is 1. The molecule has 1 aliphatic rings. The van der Waals surface area contributed by atoms with Crippen LogP contribution in [0, 0.1) is 11.3 Å². The Morgan fingerprint density at radius 2 is 2.05 bits per heavy atom. The van der Waals surface area contributed by atoms with Crippen LogP contribution in [-0.4, -0.2) is 19.2 Å². The van der Waals surface area contributed by atoms with Crippen molar-refractivity contribution in [3.05, 3.63) is 29.8 Å². The minimum Gasteiger partial charge on any atom is -0.493 e. The van der Waals surface area contributed by atoms with Crippen molar-refractivity contribution in [2.24, 2.45) is 11.3 Å². The molecular weight excluding hydrogens is 258 g/mol. The Morgan fingerprint density at radius 1 is 1.29 bits per heavy atom. The fraction of sp³-hybridized carbons (Fsp3) is 0.684. The number of hydrogen-bond acceptors (Lipinski definition) is 2. The van der Waals surface area contributed by atoms with Gasteiger partial charge in [-0.1, -0.05) is 45.9 Å². The van der Waals surface area contributed by atoms with Crippen LogP contribution in [0.15, 0.2) is 24.3 Å². The SMILES string of the molecule is CCCNC(CCC(C)(C)C)C1COc2ccccc2C1. The minimum absolute atomic E-state index is 0.402. The summed E-state index contributed by atoms with van der Waals surface area (Å²) < 4.78 is 5.99. The van der Waals surface area contributed by atoms with E-state index in [0.717, 1.165) is 25.3 Å². The molecule has 1 heterocycles. The maximum Gasteiger partial charge on any atom is 0.122 e. The lowest BCUT2D eigenvalue weighted by Gasteiger charge is -2.34. The molecule has 0 bridgehead atoms. The third-order valence-corrected chi connectivity index (χ3v) is 4.34. The molecule has 0 aliphatic carbocycles. The second-order valence-electron chi connectivity index (χ2n) is 7.54. The molecule has 21 heavy (non-hydrogen) atoms. The van der Waals surface area contributed by atoms with Crippen LogP contribution < -0.4 is 10.1 Å². The van der Waals surface area contributed by atoms with E-state index < -0.39 is 0 Å². The molecule has 0 spiro atoms. The highest BCUT2D eigenvalue weighted by atomic mass is 16.5. The molecule has 0 amide bonds. The van der Waals surface area contributed by atoms with Crippen LogP contribution in [0.3, 0.4) is 0 Å². The first kappa shape index (κ1) is 16.4. The fourth-order valence-corrected chi connectivity index (χ4v) is 3.03. The van der Waals surface area contributed by atoms with Crippen LogP contribution in [0.5, 0.6) is 5.75 Å². The number of rotatable bonds is 6. The maximum atomic E-state index is 5.99. The number of hydrogen-bond donors (Lipinski definition) is 1. The molecule has 1 aromatic carbocycles. The predicted molar refractivity (Wildman–Crippen MR) is 89.9 cm³/mol. The highest BCUT2D eigenvalue weighted by Crippen LogP contribution is 2.31. The summed E-state index contributed by atoms with van der Waals surface area (Å²) in [6, 6.07) is 9.05. The van der Waals surface area contributed by atoms with Crippen molar-refractivity contribution in [1.82, 2.24) is 5.32 Å². The lowest BCUT2D eigenvalue weighted by Crippen LogP contribution is -2.42. The number of para-hydroxylation sites is 1. The van der Waals surface area contributed by atoms with Crippen LogP contribution in [0.2, 0.25) is 0 Å². The molecule has 1 N–H and O–H groups in total. The average molecular weight is 289 g/mol. The summed E-state index contributed by atoms with van der Waals surface area (Å²) in [6.07, 6.45) is 4.82. The van der Waals surface area contributed by atoms with Gasteiger partial charge in [0.2, 0.25) is 0 Å². The Kier molecular flexibility index (Phi) is 5.69. The lowest BCUT2D eigenvalue weighted by atomic mass is 9.83. The van der Waals surface area contributed by atoms with E-state index in [1.165, 1.54) is 24.8 Å². The van der Waals surface area contributed by atoms with Gasteiger partial charge in [0.25, 0.3) is 0 Å². The smallest absolute Gasteiger partial charge is 0.122 e. The van der Waals surface area contributed by atoms with E-state index in [1.54, 1.807) is 0 Å². The van der Waals surface area contributed by atoms with E-state index in [9.17, 15) is 0 Å². The zero-order valence-electron chi connectivity index (χ0n) is 14.1. The summed E-state index contributed by atoms with van der Waals surface area (Å²) in [4.78, 5) is 0. The van der Waals surface area contributed by atoms with E-state index in [1.807, 2.05) is 0 Å². The summed E-state index contributed by atoms with van der Waals surface area (Å²) in [7, 11) is 0. The van der Waals surface area contributed by atoms with Crippen LogP contribution >= 0.6 is 0 Å². The van der Waals surface area contributed by atoms with Gasteiger partial charge in [0.15, 0.2) is 0 Å². The molecule has 1 aromatic rings. The van der Waals surface area contributed by atoms with Crippen LogP contribution in [-0.2, 0) is 6.42 Å². The highest BCUT2D eigenvalue weighted by molar-refractivity contribution is 5.35. The van der Waals surface area contributed by atoms with Crippen molar-refractivity contribution in [2.75, 3.05) is 13.2 Å². The molecule has 0 saturated carbocycles. The fourth-order valence-electron chi connectivity index (χ4n) is 3.03. The van der Waals surface area contributed by atoms with Crippen molar-refractivity contribution in [1.29, 1.82) is 0 Å². The molecule has 0 radical (unpaired) electrons. The first-order chi connectivity index (χ1) is 9.99. The first-order valence-electron chi connectivity index (χ1n) is 8.43. The van der Waals surface area contributed by atoms with Gasteiger partial charge < -0.3 is 10.1 Å². The minimum atomic E-state index is 0.402. The Hall–Kier alpha value is -1.02. The van der Waals surface area contributed by atoms with Gasteiger partial charge in [-0.05, 0) is 49.3 Å². The number of ether oxygens (including phenoxy) is 1. The van der Waals surface area contributed by atoms with Crippen LogP contribution in [0.1, 0.15) is 52.5 Å². The van der Waals surface area contributed by atoms with Gasteiger partial charge in [-0.3, -0.25) is 0 Å². The van der Waals surface area contributed by atoms with Gasteiger partial charge in [0.05, 0.1) is 6.61 Å². The number of fused-ring (bicyclic) bond motifs is 1. The average Bonchev–Trinajstić information content (AvgIpc) is 2.46. The molecule has 2 heteroatoms. The first-order valence-corrected chi connectivity index (χ1v) is 8.43. The van der Waals surface area contributed by atoms with E-state index in [-0.39, 0.29) is 0 Å². The topological polar surface area (TPSA) is 21.3 Å². The Balaban J connectivity index is 2.00. The zero-order chi connectivity index (χ0) is 15.3.